The number of aliphatic hydroxyl groups excluding tert-OH is 2. The minimum absolute atomic E-state index is 0.0205. The van der Waals surface area contributed by atoms with E-state index in [2.05, 4.69) is 13.8 Å². The highest BCUT2D eigenvalue weighted by atomic mass is 16.6. The van der Waals surface area contributed by atoms with E-state index in [-0.39, 0.29) is 46.4 Å². The highest BCUT2D eigenvalue weighted by molar-refractivity contribution is 5.89. The average molecular weight is 403 g/mol. The van der Waals surface area contributed by atoms with Gasteiger partial charge in [0.25, 0.3) is 5.69 Å². The lowest BCUT2D eigenvalue weighted by atomic mass is 9.35. The summed E-state index contributed by atoms with van der Waals surface area (Å²) >= 11 is 0. The summed E-state index contributed by atoms with van der Waals surface area (Å²) in [6.45, 7) is 8.30. The van der Waals surface area contributed by atoms with Gasteiger partial charge in [-0.25, -0.2) is 4.79 Å². The number of rotatable bonds is 3. The van der Waals surface area contributed by atoms with Crippen LogP contribution in [0.4, 0.5) is 5.69 Å². The zero-order valence-corrected chi connectivity index (χ0v) is 17.2. The van der Waals surface area contributed by atoms with Crippen LogP contribution in [0.2, 0.25) is 0 Å². The Kier molecular flexibility index (Phi) is 4.55. The molecule has 0 saturated heterocycles. The molecule has 4 bridgehead atoms. The van der Waals surface area contributed by atoms with Gasteiger partial charge in [0.05, 0.1) is 22.7 Å². The van der Waals surface area contributed by atoms with Gasteiger partial charge in [-0.1, -0.05) is 27.7 Å². The van der Waals surface area contributed by atoms with E-state index in [0.717, 1.165) is 6.42 Å². The van der Waals surface area contributed by atoms with Crippen molar-refractivity contribution >= 4 is 11.7 Å². The SMILES string of the molecule is C[C@H]1C[C@@H](OC(=O)c2ccc([N+](=O)[O-])cc2)[C@@H]2[C@@H]3[C@H]1[C@@]2(C)[C@H](O)C[C@@H](O)C3(C)C. The van der Waals surface area contributed by atoms with Crippen molar-refractivity contribution in [1.82, 2.24) is 0 Å². The van der Waals surface area contributed by atoms with Crippen LogP contribution in [-0.4, -0.2) is 39.4 Å². The number of benzene rings is 1. The van der Waals surface area contributed by atoms with Gasteiger partial charge in [0.2, 0.25) is 0 Å². The molecule has 0 radical (unpaired) electrons. The van der Waals surface area contributed by atoms with Crippen LogP contribution in [0.1, 0.15) is 50.9 Å². The third-order valence-corrected chi connectivity index (χ3v) is 8.28. The molecule has 7 nitrogen and oxygen atoms in total. The number of carbonyl (C=O) groups excluding carboxylic acids is 1. The number of hydrogen-bond acceptors (Lipinski definition) is 6. The summed E-state index contributed by atoms with van der Waals surface area (Å²) < 4.78 is 5.93. The molecule has 4 saturated carbocycles. The molecule has 1 aromatic carbocycles. The normalized spacial score (nSPS) is 42.3. The third-order valence-electron chi connectivity index (χ3n) is 8.28. The van der Waals surface area contributed by atoms with Crippen LogP contribution in [0.15, 0.2) is 24.3 Å². The summed E-state index contributed by atoms with van der Waals surface area (Å²) in [7, 11) is 0. The topological polar surface area (TPSA) is 110 Å². The zero-order valence-electron chi connectivity index (χ0n) is 17.2. The van der Waals surface area contributed by atoms with E-state index in [1.165, 1.54) is 24.3 Å². The smallest absolute Gasteiger partial charge is 0.338 e. The van der Waals surface area contributed by atoms with Crippen molar-refractivity contribution in [3.8, 4) is 0 Å². The Bertz CT molecular complexity index is 836. The van der Waals surface area contributed by atoms with Gasteiger partial charge in [0, 0.05) is 29.9 Å². The number of ether oxygens (including phenoxy) is 1. The minimum Gasteiger partial charge on any atom is -0.458 e. The number of non-ortho nitro benzene ring substituents is 1. The van der Waals surface area contributed by atoms with E-state index in [4.69, 9.17) is 4.74 Å². The number of fused-ring (bicyclic) bond motifs is 2. The first kappa shape index (κ1) is 20.3. The molecule has 0 unspecified atom stereocenters. The molecule has 7 heteroatoms. The van der Waals surface area contributed by atoms with Gasteiger partial charge in [-0.3, -0.25) is 10.1 Å². The van der Waals surface area contributed by atoms with Crippen molar-refractivity contribution in [2.75, 3.05) is 0 Å². The Balaban J connectivity index is 1.62. The van der Waals surface area contributed by atoms with Gasteiger partial charge < -0.3 is 14.9 Å². The molecule has 29 heavy (non-hydrogen) atoms. The molecule has 4 fully saturated rings. The average Bonchev–Trinajstić information content (AvgIpc) is 2.74. The maximum atomic E-state index is 12.8. The molecule has 0 heterocycles. The molecule has 4 aliphatic carbocycles. The van der Waals surface area contributed by atoms with Crippen LogP contribution < -0.4 is 0 Å². The largest absolute Gasteiger partial charge is 0.458 e. The number of carbonyl (C=O) groups is 1. The van der Waals surface area contributed by atoms with Crippen LogP contribution in [-0.2, 0) is 4.74 Å². The molecule has 158 valence electrons. The number of esters is 1. The third kappa shape index (κ3) is 2.74. The Morgan fingerprint density at radius 3 is 2.28 bits per heavy atom. The number of nitro benzene ring substituents is 1. The van der Waals surface area contributed by atoms with Crippen molar-refractivity contribution in [3.63, 3.8) is 0 Å². The second kappa shape index (κ2) is 6.51. The molecule has 4 aliphatic rings. The maximum Gasteiger partial charge on any atom is 0.338 e. The molecule has 0 aromatic heterocycles. The Hall–Kier alpha value is -1.99. The first-order valence-corrected chi connectivity index (χ1v) is 10.3. The van der Waals surface area contributed by atoms with E-state index < -0.39 is 28.5 Å². The lowest BCUT2D eigenvalue weighted by molar-refractivity contribution is -0.384. The van der Waals surface area contributed by atoms with Crippen LogP contribution >= 0.6 is 0 Å². The number of nitrogens with zero attached hydrogens (tertiary/aromatic N) is 1. The number of hydrogen-bond donors (Lipinski definition) is 2. The Labute approximate surface area is 170 Å². The van der Waals surface area contributed by atoms with Crippen molar-refractivity contribution in [1.29, 1.82) is 0 Å². The van der Waals surface area contributed by atoms with Gasteiger partial charge in [-0.15, -0.1) is 0 Å². The van der Waals surface area contributed by atoms with E-state index in [1.807, 2.05) is 13.8 Å². The predicted molar refractivity (Wildman–Crippen MR) is 105 cm³/mol. The van der Waals surface area contributed by atoms with E-state index >= 15 is 0 Å². The van der Waals surface area contributed by atoms with Crippen molar-refractivity contribution in [2.24, 2.45) is 34.5 Å². The lowest BCUT2D eigenvalue weighted by Crippen LogP contribution is -2.71. The van der Waals surface area contributed by atoms with Crippen LogP contribution in [0.25, 0.3) is 0 Å². The van der Waals surface area contributed by atoms with Crippen molar-refractivity contribution in [2.45, 2.75) is 58.8 Å². The minimum atomic E-state index is -0.645. The van der Waals surface area contributed by atoms with Gasteiger partial charge in [-0.2, -0.15) is 0 Å². The van der Waals surface area contributed by atoms with E-state index in [9.17, 15) is 25.1 Å². The molecule has 1 aromatic rings. The zero-order chi connectivity index (χ0) is 21.3. The monoisotopic (exact) mass is 403 g/mol. The van der Waals surface area contributed by atoms with Crippen molar-refractivity contribution in [3.05, 3.63) is 39.9 Å². The summed E-state index contributed by atoms with van der Waals surface area (Å²) in [6.07, 6.45) is -0.546. The predicted octanol–water partition coefficient (Wildman–Crippen LogP) is 3.18. The highest BCUT2D eigenvalue weighted by Gasteiger charge is 2.74. The summed E-state index contributed by atoms with van der Waals surface area (Å²) in [5.74, 6) is 0.175. The van der Waals surface area contributed by atoms with E-state index in [1.54, 1.807) is 0 Å². The number of aliphatic hydroxyl groups is 2. The van der Waals surface area contributed by atoms with Crippen molar-refractivity contribution < 1.29 is 24.7 Å². The maximum absolute atomic E-state index is 12.8. The van der Waals surface area contributed by atoms with Crippen LogP contribution in [0.5, 0.6) is 0 Å². The first-order chi connectivity index (χ1) is 13.5. The lowest BCUT2D eigenvalue weighted by Gasteiger charge is -2.71. The van der Waals surface area contributed by atoms with Gasteiger partial charge >= 0.3 is 5.97 Å². The van der Waals surface area contributed by atoms with Crippen LogP contribution in [0, 0.1) is 44.6 Å². The fraction of sp³-hybridized carbons (Fsp3) is 0.682. The summed E-state index contributed by atoms with van der Waals surface area (Å²) in [4.78, 5) is 23.1. The molecule has 0 spiro atoms. The molecule has 0 aliphatic heterocycles. The standard InChI is InChI=1S/C22H29NO6/c1-11-9-14(29-20(26)12-5-7-13(8-6-12)23(27)28)18-19-17(11)22(18,4)16(25)10-15(24)21(19,2)3/h5-8,11,14-19,24-25H,9-10H2,1-4H3/t11-,14+,15+,16+,17-,18+,19-,22+/m0/s1. The summed E-state index contributed by atoms with van der Waals surface area (Å²) in [5, 5.41) is 32.5. The fourth-order valence-corrected chi connectivity index (χ4v) is 6.77. The Morgan fingerprint density at radius 2 is 1.69 bits per heavy atom. The molecule has 2 N–H and O–H groups in total. The fourth-order valence-electron chi connectivity index (χ4n) is 6.77. The molecule has 0 amide bonds. The first-order valence-electron chi connectivity index (χ1n) is 10.3. The molecule has 8 atom stereocenters. The second-order valence-corrected chi connectivity index (χ2v) is 9.99. The summed E-state index contributed by atoms with van der Waals surface area (Å²) in [6, 6.07) is 5.41. The Morgan fingerprint density at radius 1 is 1.07 bits per heavy atom. The van der Waals surface area contributed by atoms with E-state index in [0.29, 0.717) is 6.42 Å². The molecular formula is C22H29NO6. The van der Waals surface area contributed by atoms with Gasteiger partial charge in [0.15, 0.2) is 0 Å². The van der Waals surface area contributed by atoms with Gasteiger partial charge in [-0.05, 0) is 41.7 Å². The second-order valence-electron chi connectivity index (χ2n) is 9.99. The molecular weight excluding hydrogens is 374 g/mol. The highest BCUT2D eigenvalue weighted by Crippen LogP contribution is 2.73. The van der Waals surface area contributed by atoms with Crippen LogP contribution in [0.3, 0.4) is 0 Å². The number of nitro groups is 1. The molecule has 5 rings (SSSR count). The van der Waals surface area contributed by atoms with Gasteiger partial charge in [0.1, 0.15) is 6.10 Å². The quantitative estimate of drug-likeness (QED) is 0.456. The summed E-state index contributed by atoms with van der Waals surface area (Å²) in [5.41, 5.74) is -0.569.